The lowest BCUT2D eigenvalue weighted by Gasteiger charge is -2.00. The summed E-state index contributed by atoms with van der Waals surface area (Å²) in [6.07, 6.45) is 0. The maximum absolute atomic E-state index is 13.4. The number of hydrogen-bond acceptors (Lipinski definition) is 6. The minimum Gasteiger partial charge on any atom is -0.297 e. The van der Waals surface area contributed by atoms with Gasteiger partial charge in [0.2, 0.25) is 0 Å². The number of aromatic nitrogens is 2. The average molecular weight is 420 g/mol. The highest BCUT2D eigenvalue weighted by Gasteiger charge is 2.18. The second-order valence-corrected chi connectivity index (χ2v) is 8.34. The van der Waals surface area contributed by atoms with Gasteiger partial charge in [-0.05, 0) is 36.6 Å². The molecule has 0 unspecified atom stereocenters. The van der Waals surface area contributed by atoms with Crippen LogP contribution < -0.4 is 5.32 Å². The number of nitrogens with one attached hydrogen (secondary N) is 1. The predicted octanol–water partition coefficient (Wildman–Crippen LogP) is 5.83. The Labute approximate surface area is 165 Å². The van der Waals surface area contributed by atoms with Crippen molar-refractivity contribution in [3.63, 3.8) is 0 Å². The predicted molar refractivity (Wildman–Crippen MR) is 106 cm³/mol. The van der Waals surface area contributed by atoms with E-state index in [1.54, 1.807) is 23.6 Å². The monoisotopic (exact) mass is 419 g/mol. The molecule has 136 valence electrons. The Morgan fingerprint density at radius 1 is 1.11 bits per heavy atom. The first-order valence-electron chi connectivity index (χ1n) is 7.75. The number of carbonyl (C=O) groups is 1. The van der Waals surface area contributed by atoms with E-state index in [-0.39, 0.29) is 5.91 Å². The van der Waals surface area contributed by atoms with E-state index in [4.69, 9.17) is 0 Å². The molecule has 0 fully saturated rings. The van der Waals surface area contributed by atoms with E-state index in [1.807, 2.05) is 17.5 Å². The second kappa shape index (κ2) is 7.26. The zero-order valence-electron chi connectivity index (χ0n) is 13.8. The summed E-state index contributed by atoms with van der Waals surface area (Å²) in [5.74, 6) is -2.14. The van der Waals surface area contributed by atoms with Gasteiger partial charge in [-0.3, -0.25) is 10.1 Å². The highest BCUT2D eigenvalue weighted by Crippen LogP contribution is 2.32. The van der Waals surface area contributed by atoms with E-state index in [0.29, 0.717) is 27.0 Å². The standard InChI is InChI=1S/C18H11F2N3OS3/c1-9-15(27-17(21-9)14-3-2-6-25-14)16(24)23-18-22-13(8-26-18)10-4-5-11(19)12(20)7-10/h2-8H,1H3,(H,22,23,24). The Kier molecular flexibility index (Phi) is 4.81. The van der Waals surface area contributed by atoms with Crippen LogP contribution in [-0.2, 0) is 0 Å². The van der Waals surface area contributed by atoms with Crippen LogP contribution in [0.5, 0.6) is 0 Å². The summed E-state index contributed by atoms with van der Waals surface area (Å²) in [5, 5.41) is 7.57. The fourth-order valence-electron chi connectivity index (χ4n) is 2.39. The van der Waals surface area contributed by atoms with Gasteiger partial charge >= 0.3 is 0 Å². The van der Waals surface area contributed by atoms with Gasteiger partial charge in [-0.25, -0.2) is 18.7 Å². The van der Waals surface area contributed by atoms with Gasteiger partial charge in [0, 0.05) is 10.9 Å². The number of halogens is 2. The molecular weight excluding hydrogens is 408 g/mol. The van der Waals surface area contributed by atoms with Gasteiger partial charge in [0.25, 0.3) is 5.91 Å². The molecule has 0 spiro atoms. The molecule has 0 aliphatic heterocycles. The van der Waals surface area contributed by atoms with E-state index in [0.717, 1.165) is 22.0 Å². The summed E-state index contributed by atoms with van der Waals surface area (Å²) in [4.78, 5) is 22.9. The fourth-order valence-corrected chi connectivity index (χ4v) is 4.86. The molecule has 0 aliphatic carbocycles. The number of thiazole rings is 2. The lowest BCUT2D eigenvalue weighted by Crippen LogP contribution is -2.11. The normalized spacial score (nSPS) is 10.9. The molecule has 1 aromatic carbocycles. The highest BCUT2D eigenvalue weighted by atomic mass is 32.1. The van der Waals surface area contributed by atoms with Crippen LogP contribution in [0, 0.1) is 18.6 Å². The van der Waals surface area contributed by atoms with Gasteiger partial charge in [-0.2, -0.15) is 0 Å². The van der Waals surface area contributed by atoms with Crippen LogP contribution >= 0.6 is 34.0 Å². The van der Waals surface area contributed by atoms with E-state index in [2.05, 4.69) is 15.3 Å². The summed E-state index contributed by atoms with van der Waals surface area (Å²) in [7, 11) is 0. The van der Waals surface area contributed by atoms with Crippen molar-refractivity contribution in [3.05, 3.63) is 63.3 Å². The third kappa shape index (κ3) is 3.66. The molecule has 1 N–H and O–H groups in total. The smallest absolute Gasteiger partial charge is 0.269 e. The number of rotatable bonds is 4. The van der Waals surface area contributed by atoms with Gasteiger partial charge < -0.3 is 0 Å². The van der Waals surface area contributed by atoms with Crippen LogP contribution in [0.4, 0.5) is 13.9 Å². The molecule has 0 aliphatic rings. The van der Waals surface area contributed by atoms with E-state index in [9.17, 15) is 13.6 Å². The van der Waals surface area contributed by atoms with Crippen LogP contribution in [0.2, 0.25) is 0 Å². The molecule has 3 aromatic heterocycles. The van der Waals surface area contributed by atoms with Crippen molar-refractivity contribution in [2.24, 2.45) is 0 Å². The van der Waals surface area contributed by atoms with Crippen molar-refractivity contribution in [2.45, 2.75) is 6.92 Å². The molecule has 0 saturated heterocycles. The topological polar surface area (TPSA) is 54.9 Å². The van der Waals surface area contributed by atoms with Gasteiger partial charge in [-0.15, -0.1) is 34.0 Å². The molecule has 0 saturated carbocycles. The Bertz CT molecular complexity index is 1120. The maximum Gasteiger partial charge on any atom is 0.269 e. The highest BCUT2D eigenvalue weighted by molar-refractivity contribution is 7.22. The molecule has 27 heavy (non-hydrogen) atoms. The molecule has 4 nitrogen and oxygen atoms in total. The van der Waals surface area contributed by atoms with Crippen LogP contribution in [0.15, 0.2) is 41.1 Å². The molecule has 0 radical (unpaired) electrons. The maximum atomic E-state index is 13.4. The molecule has 4 rings (SSSR count). The lowest BCUT2D eigenvalue weighted by atomic mass is 10.2. The lowest BCUT2D eigenvalue weighted by molar-refractivity contribution is 0.103. The van der Waals surface area contributed by atoms with Gasteiger partial charge in [0.1, 0.15) is 9.88 Å². The molecule has 9 heteroatoms. The van der Waals surface area contributed by atoms with Crippen LogP contribution in [0.3, 0.4) is 0 Å². The SMILES string of the molecule is Cc1nc(-c2cccs2)sc1C(=O)Nc1nc(-c2ccc(F)c(F)c2)cs1. The number of benzene rings is 1. The fraction of sp³-hybridized carbons (Fsp3) is 0.0556. The van der Waals surface area contributed by atoms with E-state index < -0.39 is 11.6 Å². The van der Waals surface area contributed by atoms with Gasteiger partial charge in [-0.1, -0.05) is 6.07 Å². The quantitative estimate of drug-likeness (QED) is 0.452. The summed E-state index contributed by atoms with van der Waals surface area (Å²) >= 11 is 4.10. The van der Waals surface area contributed by atoms with Crippen molar-refractivity contribution in [1.29, 1.82) is 0 Å². The largest absolute Gasteiger partial charge is 0.297 e. The first kappa shape index (κ1) is 17.9. The molecule has 3 heterocycles. The Morgan fingerprint density at radius 2 is 1.96 bits per heavy atom. The Morgan fingerprint density at radius 3 is 2.70 bits per heavy atom. The summed E-state index contributed by atoms with van der Waals surface area (Å²) in [6.45, 7) is 1.79. The minimum atomic E-state index is -0.938. The third-order valence-electron chi connectivity index (χ3n) is 3.67. The van der Waals surface area contributed by atoms with Crippen molar-refractivity contribution in [3.8, 4) is 21.1 Å². The van der Waals surface area contributed by atoms with Crippen LogP contribution in [-0.4, -0.2) is 15.9 Å². The average Bonchev–Trinajstić information content (AvgIpc) is 3.37. The molecule has 1 amide bonds. The molecule has 0 atom stereocenters. The first-order chi connectivity index (χ1) is 13.0. The number of anilines is 1. The minimum absolute atomic E-state index is 0.293. The van der Waals surface area contributed by atoms with Crippen molar-refractivity contribution in [2.75, 3.05) is 5.32 Å². The first-order valence-corrected chi connectivity index (χ1v) is 10.3. The third-order valence-corrected chi connectivity index (χ3v) is 6.63. The number of aryl methyl sites for hydroxylation is 1. The van der Waals surface area contributed by atoms with Crippen LogP contribution in [0.1, 0.15) is 15.4 Å². The zero-order chi connectivity index (χ0) is 19.0. The molecule has 0 bridgehead atoms. The van der Waals surface area contributed by atoms with Gasteiger partial charge in [0.05, 0.1) is 16.3 Å². The van der Waals surface area contributed by atoms with Crippen molar-refractivity contribution >= 4 is 45.0 Å². The van der Waals surface area contributed by atoms with Crippen LogP contribution in [0.25, 0.3) is 21.1 Å². The molecule has 4 aromatic rings. The summed E-state index contributed by atoms with van der Waals surface area (Å²) in [5.41, 5.74) is 1.56. The van der Waals surface area contributed by atoms with E-state index >= 15 is 0 Å². The number of hydrogen-bond donors (Lipinski definition) is 1. The zero-order valence-corrected chi connectivity index (χ0v) is 16.3. The molecular formula is C18H11F2N3OS3. The number of carbonyl (C=O) groups excluding carboxylic acids is 1. The van der Waals surface area contributed by atoms with Crippen molar-refractivity contribution < 1.29 is 13.6 Å². The number of amides is 1. The van der Waals surface area contributed by atoms with Crippen molar-refractivity contribution in [1.82, 2.24) is 9.97 Å². The van der Waals surface area contributed by atoms with Gasteiger partial charge in [0.15, 0.2) is 16.8 Å². The number of nitrogens with zero attached hydrogens (tertiary/aromatic N) is 2. The van der Waals surface area contributed by atoms with E-state index in [1.165, 1.54) is 28.7 Å². The number of thiophene rings is 1. The summed E-state index contributed by atoms with van der Waals surface area (Å²) in [6, 6.07) is 7.47. The summed E-state index contributed by atoms with van der Waals surface area (Å²) < 4.78 is 26.5. The Balaban J connectivity index is 1.54. The Hall–Kier alpha value is -2.49. The second-order valence-electron chi connectivity index (χ2n) is 5.53.